The smallest absolute Gasteiger partial charge is 0.407 e. The third kappa shape index (κ3) is 4.53. The molecule has 2 amide bonds. The number of nitrogens with one attached hydrogen (secondary N) is 2. The molecule has 1 saturated heterocycles. The monoisotopic (exact) mass is 480 g/mol. The van der Waals surface area contributed by atoms with Crippen LogP contribution in [0.4, 0.5) is 27.9 Å². The molecule has 11 heteroatoms. The maximum absolute atomic E-state index is 12.3. The summed E-state index contributed by atoms with van der Waals surface area (Å²) in [6, 6.07) is 7.23. The lowest BCUT2D eigenvalue weighted by Crippen LogP contribution is -2.45. The van der Waals surface area contributed by atoms with Crippen molar-refractivity contribution < 1.29 is 23.8 Å². The van der Waals surface area contributed by atoms with Gasteiger partial charge in [-0.25, -0.2) is 9.78 Å². The summed E-state index contributed by atoms with van der Waals surface area (Å²) in [6.45, 7) is 5.44. The van der Waals surface area contributed by atoms with Crippen LogP contribution in [0.25, 0.3) is 11.1 Å². The standard InChI is InChI=1S/C24H28N6O5/c1-24(2)21(31)26-17-12-15(4-5-18(17)35-24)25-22-27-16-8-11-34-19(16)20(28-22)30-9-6-14(7-10-30)13-29(3)23(32)33/h4-5,8,11-12,14H,6-7,9-10,13H2,1-3H3,(H,26,31)(H,32,33)(H,25,27,28). The number of furan rings is 1. The number of anilines is 4. The van der Waals surface area contributed by atoms with Crippen LogP contribution in [0.5, 0.6) is 5.75 Å². The van der Waals surface area contributed by atoms with Crippen molar-refractivity contribution in [1.29, 1.82) is 0 Å². The van der Waals surface area contributed by atoms with Gasteiger partial charge in [-0.1, -0.05) is 0 Å². The van der Waals surface area contributed by atoms with Crippen molar-refractivity contribution in [2.24, 2.45) is 5.92 Å². The zero-order chi connectivity index (χ0) is 24.7. The molecule has 4 heterocycles. The first kappa shape index (κ1) is 22.8. The van der Waals surface area contributed by atoms with E-state index in [2.05, 4.69) is 20.5 Å². The van der Waals surface area contributed by atoms with Crippen molar-refractivity contribution >= 4 is 46.2 Å². The molecule has 0 radical (unpaired) electrons. The molecule has 0 saturated carbocycles. The topological polar surface area (TPSA) is 133 Å². The Morgan fingerprint density at radius 2 is 2.06 bits per heavy atom. The molecular weight excluding hydrogens is 452 g/mol. The average Bonchev–Trinajstić information content (AvgIpc) is 3.28. The van der Waals surface area contributed by atoms with Crippen LogP contribution in [0.3, 0.4) is 0 Å². The van der Waals surface area contributed by atoms with Crippen molar-refractivity contribution in [3.63, 3.8) is 0 Å². The van der Waals surface area contributed by atoms with E-state index in [4.69, 9.17) is 19.2 Å². The van der Waals surface area contributed by atoms with E-state index >= 15 is 0 Å². The van der Waals surface area contributed by atoms with Crippen molar-refractivity contribution in [2.45, 2.75) is 32.3 Å². The molecule has 35 heavy (non-hydrogen) atoms. The maximum Gasteiger partial charge on any atom is 0.407 e. The van der Waals surface area contributed by atoms with Gasteiger partial charge in [0.2, 0.25) is 5.95 Å². The number of rotatable bonds is 5. The Hall–Kier alpha value is -4.02. The van der Waals surface area contributed by atoms with Gasteiger partial charge in [0.15, 0.2) is 17.0 Å². The largest absolute Gasteiger partial charge is 0.476 e. The van der Waals surface area contributed by atoms with Crippen molar-refractivity contribution in [1.82, 2.24) is 14.9 Å². The molecule has 0 aliphatic carbocycles. The van der Waals surface area contributed by atoms with Crippen LogP contribution in [0.1, 0.15) is 26.7 Å². The Balaban J connectivity index is 1.35. The molecule has 2 aliphatic rings. The van der Waals surface area contributed by atoms with Crippen LogP contribution >= 0.6 is 0 Å². The van der Waals surface area contributed by atoms with E-state index in [1.165, 1.54) is 4.90 Å². The predicted molar refractivity (Wildman–Crippen MR) is 130 cm³/mol. The van der Waals surface area contributed by atoms with Crippen LogP contribution in [0.15, 0.2) is 34.9 Å². The number of fused-ring (bicyclic) bond motifs is 2. The molecule has 5 rings (SSSR count). The lowest BCUT2D eigenvalue weighted by molar-refractivity contribution is -0.129. The summed E-state index contributed by atoms with van der Waals surface area (Å²) in [7, 11) is 1.60. The molecule has 3 N–H and O–H groups in total. The molecule has 1 fully saturated rings. The number of amides is 2. The molecular formula is C24H28N6O5. The number of aromatic nitrogens is 2. The fourth-order valence-corrected chi connectivity index (χ4v) is 4.43. The van der Waals surface area contributed by atoms with Crippen LogP contribution in [0.2, 0.25) is 0 Å². The van der Waals surface area contributed by atoms with E-state index in [-0.39, 0.29) is 5.91 Å². The van der Waals surface area contributed by atoms with Gasteiger partial charge in [-0.3, -0.25) is 4.79 Å². The van der Waals surface area contributed by atoms with Crippen molar-refractivity contribution in [2.75, 3.05) is 42.2 Å². The number of carboxylic acid groups (broad SMARTS) is 1. The summed E-state index contributed by atoms with van der Waals surface area (Å²) in [5.41, 5.74) is 1.66. The fraction of sp³-hybridized carbons (Fsp3) is 0.417. The SMILES string of the molecule is CN(CC1CCN(c2nc(Nc3ccc4c(c3)NC(=O)C(C)(C)O4)nc3ccoc23)CC1)C(=O)O. The first-order valence-corrected chi connectivity index (χ1v) is 11.6. The number of piperidine rings is 1. The molecule has 3 aromatic rings. The highest BCUT2D eigenvalue weighted by Crippen LogP contribution is 2.36. The quantitative estimate of drug-likeness (QED) is 0.497. The van der Waals surface area contributed by atoms with Crippen molar-refractivity contribution in [3.8, 4) is 5.75 Å². The summed E-state index contributed by atoms with van der Waals surface area (Å²) >= 11 is 0. The van der Waals surface area contributed by atoms with Gasteiger partial charge in [0.05, 0.1) is 12.0 Å². The number of ether oxygens (including phenoxy) is 1. The third-order valence-corrected chi connectivity index (χ3v) is 6.45. The van der Waals surface area contributed by atoms with E-state index in [1.54, 1.807) is 45.4 Å². The van der Waals surface area contributed by atoms with Gasteiger partial charge in [0.1, 0.15) is 11.3 Å². The van der Waals surface area contributed by atoms with E-state index in [0.29, 0.717) is 52.5 Å². The minimum atomic E-state index is -0.928. The molecule has 2 aliphatic heterocycles. The Bertz CT molecular complexity index is 1280. The minimum absolute atomic E-state index is 0.210. The fourth-order valence-electron chi connectivity index (χ4n) is 4.43. The third-order valence-electron chi connectivity index (χ3n) is 6.45. The summed E-state index contributed by atoms with van der Waals surface area (Å²) in [6.07, 6.45) is 2.39. The normalized spacial score (nSPS) is 17.5. The molecule has 0 bridgehead atoms. The Morgan fingerprint density at radius 3 is 2.80 bits per heavy atom. The molecule has 2 aromatic heterocycles. The second kappa shape index (κ2) is 8.64. The zero-order valence-corrected chi connectivity index (χ0v) is 19.9. The number of nitrogens with zero attached hydrogens (tertiary/aromatic N) is 4. The second-order valence-electron chi connectivity index (χ2n) is 9.50. The Labute approximate surface area is 202 Å². The summed E-state index contributed by atoms with van der Waals surface area (Å²) in [5.74, 6) is 1.80. The number of carbonyl (C=O) groups is 2. The van der Waals surface area contributed by atoms with Gasteiger partial charge in [0.25, 0.3) is 5.91 Å². The number of benzene rings is 1. The van der Waals surface area contributed by atoms with Crippen LogP contribution in [0, 0.1) is 5.92 Å². The highest BCUT2D eigenvalue weighted by molar-refractivity contribution is 6.00. The second-order valence-corrected chi connectivity index (χ2v) is 9.50. The van der Waals surface area contributed by atoms with Crippen LogP contribution < -0.4 is 20.3 Å². The van der Waals surface area contributed by atoms with Gasteiger partial charge in [-0.05, 0) is 50.8 Å². The average molecular weight is 481 g/mol. The molecule has 11 nitrogen and oxygen atoms in total. The van der Waals surface area contributed by atoms with Gasteiger partial charge in [-0.2, -0.15) is 4.98 Å². The van der Waals surface area contributed by atoms with Crippen molar-refractivity contribution in [3.05, 3.63) is 30.5 Å². The molecule has 184 valence electrons. The van der Waals surface area contributed by atoms with E-state index in [0.717, 1.165) is 25.9 Å². The molecule has 0 unspecified atom stereocenters. The number of carbonyl (C=O) groups excluding carboxylic acids is 1. The van der Waals surface area contributed by atoms with E-state index < -0.39 is 11.7 Å². The first-order chi connectivity index (χ1) is 16.7. The minimum Gasteiger partial charge on any atom is -0.476 e. The summed E-state index contributed by atoms with van der Waals surface area (Å²) < 4.78 is 11.5. The lowest BCUT2D eigenvalue weighted by atomic mass is 9.96. The first-order valence-electron chi connectivity index (χ1n) is 11.6. The molecule has 1 aromatic carbocycles. The van der Waals surface area contributed by atoms with Crippen LogP contribution in [-0.4, -0.2) is 64.3 Å². The van der Waals surface area contributed by atoms with Gasteiger partial charge >= 0.3 is 6.09 Å². The van der Waals surface area contributed by atoms with E-state index in [1.807, 2.05) is 6.07 Å². The highest BCUT2D eigenvalue weighted by Gasteiger charge is 2.35. The van der Waals surface area contributed by atoms with Gasteiger partial charge in [-0.15, -0.1) is 0 Å². The zero-order valence-electron chi connectivity index (χ0n) is 19.9. The lowest BCUT2D eigenvalue weighted by Gasteiger charge is -2.34. The van der Waals surface area contributed by atoms with Crippen LogP contribution in [-0.2, 0) is 4.79 Å². The Kier molecular flexibility index (Phi) is 5.62. The number of hydrogen-bond acceptors (Lipinski definition) is 8. The van der Waals surface area contributed by atoms with Gasteiger partial charge < -0.3 is 34.7 Å². The van der Waals surface area contributed by atoms with Gasteiger partial charge in [0, 0.05) is 38.4 Å². The summed E-state index contributed by atoms with van der Waals surface area (Å²) in [5, 5.41) is 15.3. The predicted octanol–water partition coefficient (Wildman–Crippen LogP) is 3.90. The molecule has 0 atom stereocenters. The number of hydrogen-bond donors (Lipinski definition) is 3. The molecule has 0 spiro atoms. The maximum atomic E-state index is 12.3. The van der Waals surface area contributed by atoms with E-state index in [9.17, 15) is 9.59 Å². The highest BCUT2D eigenvalue weighted by atomic mass is 16.5. The Morgan fingerprint density at radius 1 is 1.29 bits per heavy atom. The summed E-state index contributed by atoms with van der Waals surface area (Å²) in [4.78, 5) is 36.2.